The number of pyridine rings is 1. The van der Waals surface area contributed by atoms with Crippen molar-refractivity contribution in [2.45, 2.75) is 39.7 Å². The molecule has 0 aliphatic rings. The Hall–Kier alpha value is -2.13. The number of ether oxygens (including phenoxy) is 1. The van der Waals surface area contributed by atoms with E-state index in [2.05, 4.69) is 41.0 Å². The van der Waals surface area contributed by atoms with E-state index in [1.807, 2.05) is 67.6 Å². The van der Waals surface area contributed by atoms with E-state index in [0.717, 1.165) is 22.2 Å². The minimum atomic E-state index is 0.551. The van der Waals surface area contributed by atoms with Crippen molar-refractivity contribution in [3.8, 4) is 5.88 Å². The van der Waals surface area contributed by atoms with Crippen LogP contribution >= 0.6 is 15.9 Å². The van der Waals surface area contributed by atoms with Gasteiger partial charge < -0.3 is 4.74 Å². The maximum Gasteiger partial charge on any atom is 0.213 e. The number of aromatic nitrogens is 1. The number of benzene rings is 1. The van der Waals surface area contributed by atoms with Crippen LogP contribution in [-0.4, -0.2) is 4.98 Å². The summed E-state index contributed by atoms with van der Waals surface area (Å²) in [4.78, 5) is 4.32. The first-order chi connectivity index (χ1) is 12.6. The molecule has 0 amide bonds. The largest absolute Gasteiger partial charge is 0.473 e. The number of halogens is 1. The lowest BCUT2D eigenvalue weighted by atomic mass is 10.1. The standard InChI is InChI=1S/C13H12BrNO.C10H16/c1-10-12(14)7-8-13(15-10)16-9-11-5-3-2-4-6-11;1-4-7-9-10(6-3)8-5-2/h2-8H,9H2,1H3;5-6,8H,2-4,7,9H2,1H3/b;10-8+. The molecular formula is C23H28BrNO. The van der Waals surface area contributed by atoms with Crippen LogP contribution in [0.15, 0.2) is 83.9 Å². The molecule has 0 fully saturated rings. The lowest BCUT2D eigenvalue weighted by Gasteiger charge is -2.06. The maximum atomic E-state index is 5.60. The van der Waals surface area contributed by atoms with Crippen LogP contribution in [0.25, 0.3) is 0 Å². The molecule has 3 heteroatoms. The predicted molar refractivity (Wildman–Crippen MR) is 115 cm³/mol. The second-order valence-electron chi connectivity index (χ2n) is 5.78. The molecule has 138 valence electrons. The average Bonchev–Trinajstić information content (AvgIpc) is 2.67. The van der Waals surface area contributed by atoms with Gasteiger partial charge in [-0.05, 0) is 52.9 Å². The van der Waals surface area contributed by atoms with E-state index in [1.165, 1.54) is 18.4 Å². The summed E-state index contributed by atoms with van der Waals surface area (Å²) in [6.45, 7) is 12.0. The summed E-state index contributed by atoms with van der Waals surface area (Å²) >= 11 is 3.41. The third-order valence-corrected chi connectivity index (χ3v) is 4.48. The third-order valence-electron chi connectivity index (χ3n) is 3.64. The molecule has 2 rings (SSSR count). The first kappa shape index (κ1) is 21.9. The molecule has 2 nitrogen and oxygen atoms in total. The van der Waals surface area contributed by atoms with E-state index in [9.17, 15) is 0 Å². The van der Waals surface area contributed by atoms with Gasteiger partial charge in [-0.3, -0.25) is 0 Å². The summed E-state index contributed by atoms with van der Waals surface area (Å²) in [6.07, 6.45) is 9.34. The van der Waals surface area contributed by atoms with Crippen LogP contribution in [0.2, 0.25) is 0 Å². The smallest absolute Gasteiger partial charge is 0.213 e. The Balaban J connectivity index is 0.000000294. The summed E-state index contributed by atoms with van der Waals surface area (Å²) < 4.78 is 6.60. The zero-order chi connectivity index (χ0) is 19.2. The van der Waals surface area contributed by atoms with E-state index in [4.69, 9.17) is 4.74 Å². The highest BCUT2D eigenvalue weighted by atomic mass is 79.9. The molecule has 1 aromatic carbocycles. The molecule has 0 aliphatic carbocycles. The molecule has 0 bridgehead atoms. The lowest BCUT2D eigenvalue weighted by Crippen LogP contribution is -1.97. The number of nitrogens with zero attached hydrogens (tertiary/aromatic N) is 1. The molecule has 26 heavy (non-hydrogen) atoms. The van der Waals surface area contributed by atoms with E-state index in [0.29, 0.717) is 12.5 Å². The molecule has 0 atom stereocenters. The van der Waals surface area contributed by atoms with Gasteiger partial charge in [-0.25, -0.2) is 4.98 Å². The fourth-order valence-corrected chi connectivity index (χ4v) is 2.34. The second kappa shape index (κ2) is 13.1. The minimum absolute atomic E-state index is 0.551. The summed E-state index contributed by atoms with van der Waals surface area (Å²) in [7, 11) is 0. The highest BCUT2D eigenvalue weighted by Gasteiger charge is 2.00. The highest BCUT2D eigenvalue weighted by Crippen LogP contribution is 2.18. The Morgan fingerprint density at radius 1 is 1.15 bits per heavy atom. The zero-order valence-electron chi connectivity index (χ0n) is 15.7. The van der Waals surface area contributed by atoms with Gasteiger partial charge in [-0.2, -0.15) is 0 Å². The van der Waals surface area contributed by atoms with Crippen molar-refractivity contribution in [1.29, 1.82) is 0 Å². The van der Waals surface area contributed by atoms with Crippen LogP contribution in [0.5, 0.6) is 5.88 Å². The fraction of sp³-hybridized carbons (Fsp3) is 0.261. The Labute approximate surface area is 166 Å². The summed E-state index contributed by atoms with van der Waals surface area (Å²) in [5.41, 5.74) is 3.37. The maximum absolute atomic E-state index is 5.60. The van der Waals surface area contributed by atoms with E-state index >= 15 is 0 Å². The van der Waals surface area contributed by atoms with Gasteiger partial charge in [0, 0.05) is 10.5 Å². The molecule has 0 spiro atoms. The van der Waals surface area contributed by atoms with Crippen molar-refractivity contribution in [2.75, 3.05) is 0 Å². The van der Waals surface area contributed by atoms with Crippen LogP contribution in [0.1, 0.15) is 37.4 Å². The summed E-state index contributed by atoms with van der Waals surface area (Å²) in [5, 5.41) is 0. The molecule has 1 heterocycles. The van der Waals surface area contributed by atoms with E-state index < -0.39 is 0 Å². The van der Waals surface area contributed by atoms with Crippen LogP contribution in [0.4, 0.5) is 0 Å². The minimum Gasteiger partial charge on any atom is -0.473 e. The number of hydrogen-bond donors (Lipinski definition) is 0. The van der Waals surface area contributed by atoms with Crippen LogP contribution in [0.3, 0.4) is 0 Å². The summed E-state index contributed by atoms with van der Waals surface area (Å²) in [6, 6.07) is 13.9. The normalized spacial score (nSPS) is 10.5. The van der Waals surface area contributed by atoms with Crippen LogP contribution in [-0.2, 0) is 6.61 Å². The average molecular weight is 414 g/mol. The topological polar surface area (TPSA) is 22.1 Å². The molecule has 0 saturated carbocycles. The van der Waals surface area contributed by atoms with Crippen molar-refractivity contribution in [1.82, 2.24) is 4.98 Å². The van der Waals surface area contributed by atoms with Gasteiger partial charge in [0.15, 0.2) is 0 Å². The molecule has 0 N–H and O–H groups in total. The number of allylic oxidation sites excluding steroid dienone is 4. The quantitative estimate of drug-likeness (QED) is 0.426. The van der Waals surface area contributed by atoms with Crippen LogP contribution < -0.4 is 4.74 Å². The number of hydrogen-bond acceptors (Lipinski definition) is 2. The SMILES string of the molecule is C=C/C=C(\C=C)CCCC.Cc1nc(OCc2ccccc2)ccc1Br. The monoisotopic (exact) mass is 413 g/mol. The molecule has 0 aliphatic heterocycles. The van der Waals surface area contributed by atoms with Crippen molar-refractivity contribution in [3.05, 3.63) is 95.2 Å². The van der Waals surface area contributed by atoms with Crippen molar-refractivity contribution in [3.63, 3.8) is 0 Å². The number of aryl methyl sites for hydroxylation is 1. The van der Waals surface area contributed by atoms with Crippen LogP contribution in [0, 0.1) is 6.92 Å². The van der Waals surface area contributed by atoms with E-state index in [-0.39, 0.29) is 0 Å². The Bertz CT molecular complexity index is 707. The molecular weight excluding hydrogens is 386 g/mol. The molecule has 0 unspecified atom stereocenters. The van der Waals surface area contributed by atoms with Gasteiger partial charge in [0.2, 0.25) is 5.88 Å². The van der Waals surface area contributed by atoms with Gasteiger partial charge in [0.25, 0.3) is 0 Å². The summed E-state index contributed by atoms with van der Waals surface area (Å²) in [5.74, 6) is 0.657. The Morgan fingerprint density at radius 3 is 2.46 bits per heavy atom. The molecule has 0 radical (unpaired) electrons. The van der Waals surface area contributed by atoms with Gasteiger partial charge in [-0.15, -0.1) is 0 Å². The first-order valence-corrected chi connectivity index (χ1v) is 9.63. The third kappa shape index (κ3) is 8.82. The highest BCUT2D eigenvalue weighted by molar-refractivity contribution is 9.10. The first-order valence-electron chi connectivity index (χ1n) is 8.84. The van der Waals surface area contributed by atoms with Crippen molar-refractivity contribution >= 4 is 15.9 Å². The number of unbranched alkanes of at least 4 members (excludes halogenated alkanes) is 1. The van der Waals surface area contributed by atoms with Crippen molar-refractivity contribution < 1.29 is 4.74 Å². The Kier molecular flexibility index (Phi) is 11.1. The van der Waals surface area contributed by atoms with Gasteiger partial charge >= 0.3 is 0 Å². The van der Waals surface area contributed by atoms with E-state index in [1.54, 1.807) is 0 Å². The fourth-order valence-electron chi connectivity index (χ4n) is 2.12. The molecule has 0 saturated heterocycles. The number of rotatable bonds is 8. The van der Waals surface area contributed by atoms with Gasteiger partial charge in [-0.1, -0.05) is 75.1 Å². The molecule has 1 aromatic heterocycles. The van der Waals surface area contributed by atoms with Gasteiger partial charge in [0.05, 0.1) is 5.69 Å². The predicted octanol–water partition coefficient (Wildman–Crippen LogP) is 7.21. The second-order valence-corrected chi connectivity index (χ2v) is 6.63. The zero-order valence-corrected chi connectivity index (χ0v) is 17.3. The molecule has 2 aromatic rings. The lowest BCUT2D eigenvalue weighted by molar-refractivity contribution is 0.293. The van der Waals surface area contributed by atoms with Crippen molar-refractivity contribution in [2.24, 2.45) is 0 Å². The van der Waals surface area contributed by atoms with Gasteiger partial charge in [0.1, 0.15) is 6.61 Å². The Morgan fingerprint density at radius 2 is 1.88 bits per heavy atom.